The maximum absolute atomic E-state index is 4.81. The monoisotopic (exact) mass is 476 g/mol. The summed E-state index contributed by atoms with van der Waals surface area (Å²) in [6, 6.07) is 0. The van der Waals surface area contributed by atoms with Crippen LogP contribution in [0.15, 0.2) is 0 Å². The Hall–Kier alpha value is 2.45. The topological polar surface area (TPSA) is 0 Å². The van der Waals surface area contributed by atoms with Gasteiger partial charge in [0.15, 0.2) is 0 Å². The van der Waals surface area contributed by atoms with Crippen LogP contribution in [0.5, 0.6) is 0 Å². The Morgan fingerprint density at radius 3 is 1.15 bits per heavy atom. The second-order valence-corrected chi connectivity index (χ2v) is 5.96. The molecule has 13 heavy (non-hydrogen) atoms. The molecule has 5 heteroatoms. The van der Waals surface area contributed by atoms with Crippen molar-refractivity contribution in [2.24, 2.45) is 11.8 Å². The summed E-state index contributed by atoms with van der Waals surface area (Å²) < 4.78 is 0. The SMILES string of the molecule is [S-]CC1CSC1.[S-]CC1CSC1.[U+2]. The molecular formula is C8H14S4U. The summed E-state index contributed by atoms with van der Waals surface area (Å²) in [5.74, 6) is 9.04. The van der Waals surface area contributed by atoms with Crippen LogP contribution in [-0.4, -0.2) is 34.5 Å². The molecule has 0 aromatic rings. The van der Waals surface area contributed by atoms with Crippen LogP contribution in [0, 0.1) is 42.9 Å². The van der Waals surface area contributed by atoms with Crippen LogP contribution in [-0.2, 0) is 25.3 Å². The van der Waals surface area contributed by atoms with Crippen LogP contribution in [0.1, 0.15) is 0 Å². The van der Waals surface area contributed by atoms with Crippen LogP contribution in [0.2, 0.25) is 0 Å². The van der Waals surface area contributed by atoms with Crippen LogP contribution in [0.4, 0.5) is 0 Å². The molecule has 2 fully saturated rings. The molecule has 0 nitrogen and oxygen atoms in total. The third-order valence-corrected chi connectivity index (χ3v) is 5.66. The van der Waals surface area contributed by atoms with E-state index in [0.717, 1.165) is 23.3 Å². The van der Waals surface area contributed by atoms with Crippen molar-refractivity contribution < 1.29 is 31.1 Å². The largest absolute Gasteiger partial charge is 2.00 e. The van der Waals surface area contributed by atoms with Crippen molar-refractivity contribution in [3.63, 3.8) is 0 Å². The normalized spacial score (nSPS) is 21.7. The van der Waals surface area contributed by atoms with E-state index in [0.29, 0.717) is 0 Å². The van der Waals surface area contributed by atoms with Crippen LogP contribution >= 0.6 is 23.5 Å². The Bertz CT molecular complexity index is 95.2. The molecule has 2 aliphatic heterocycles. The van der Waals surface area contributed by atoms with Gasteiger partial charge in [-0.3, -0.25) is 0 Å². The van der Waals surface area contributed by atoms with Gasteiger partial charge in [-0.1, -0.05) is 0 Å². The molecule has 74 valence electrons. The minimum atomic E-state index is 0. The first-order chi connectivity index (χ1) is 5.86. The third kappa shape index (κ3) is 6.58. The Morgan fingerprint density at radius 2 is 1.15 bits per heavy atom. The van der Waals surface area contributed by atoms with E-state index >= 15 is 0 Å². The number of hydrogen-bond donors (Lipinski definition) is 0. The van der Waals surface area contributed by atoms with Gasteiger partial charge in [-0.05, 0) is 34.8 Å². The molecule has 0 bridgehead atoms. The summed E-state index contributed by atoms with van der Waals surface area (Å²) in [7, 11) is 0. The fraction of sp³-hybridized carbons (Fsp3) is 1.00. The van der Waals surface area contributed by atoms with Crippen molar-refractivity contribution in [2.75, 3.05) is 34.5 Å². The van der Waals surface area contributed by atoms with Gasteiger partial charge in [0.2, 0.25) is 0 Å². The average molecular weight is 476 g/mol. The van der Waals surface area contributed by atoms with Crippen LogP contribution in [0.3, 0.4) is 0 Å². The Kier molecular flexibility index (Phi) is 11.5. The summed E-state index contributed by atoms with van der Waals surface area (Å²) in [6.07, 6.45) is 0. The van der Waals surface area contributed by atoms with Crippen molar-refractivity contribution in [2.45, 2.75) is 0 Å². The van der Waals surface area contributed by atoms with Gasteiger partial charge in [0.1, 0.15) is 0 Å². The van der Waals surface area contributed by atoms with Crippen molar-refractivity contribution in [3.8, 4) is 0 Å². The fourth-order valence-corrected chi connectivity index (χ4v) is 3.44. The van der Waals surface area contributed by atoms with Gasteiger partial charge in [0, 0.05) is 0 Å². The van der Waals surface area contributed by atoms with Crippen molar-refractivity contribution in [1.29, 1.82) is 0 Å². The first-order valence-electron chi connectivity index (χ1n) is 4.18. The first kappa shape index (κ1) is 15.5. The zero-order valence-corrected chi connectivity index (χ0v) is 15.0. The Labute approximate surface area is 125 Å². The third-order valence-electron chi connectivity index (χ3n) is 1.89. The van der Waals surface area contributed by atoms with Gasteiger partial charge in [0.05, 0.1) is 0 Å². The molecule has 0 saturated carbocycles. The molecule has 0 aliphatic carbocycles. The molecule has 0 unspecified atom stereocenters. The molecule has 2 rings (SSSR count). The number of rotatable bonds is 2. The molecular weight excluding hydrogens is 462 g/mol. The second kappa shape index (κ2) is 9.66. The van der Waals surface area contributed by atoms with E-state index in [1.54, 1.807) is 0 Å². The quantitative estimate of drug-likeness (QED) is 0.558. The fourth-order valence-electron chi connectivity index (χ4n) is 0.761. The molecule has 0 radical (unpaired) electrons. The molecule has 2 saturated heterocycles. The Morgan fingerprint density at radius 1 is 0.846 bits per heavy atom. The molecule has 0 spiro atoms. The predicted octanol–water partition coefficient (Wildman–Crippen LogP) is 1.79. The Balaban J connectivity index is 0.000000206. The zero-order chi connectivity index (χ0) is 8.81. The molecule has 0 N–H and O–H groups in total. The summed E-state index contributed by atoms with van der Waals surface area (Å²) in [5.41, 5.74) is 0. The number of thioether (sulfide) groups is 2. The summed E-state index contributed by atoms with van der Waals surface area (Å²) >= 11 is 13.6. The average Bonchev–Trinajstić information content (AvgIpc) is 1.83. The first-order valence-corrected chi connectivity index (χ1v) is 7.65. The smallest absolute Gasteiger partial charge is 0.792 e. The van der Waals surface area contributed by atoms with Crippen molar-refractivity contribution in [1.82, 2.24) is 0 Å². The molecule has 0 aromatic heterocycles. The predicted molar refractivity (Wildman–Crippen MR) is 66.1 cm³/mol. The van der Waals surface area contributed by atoms with Gasteiger partial charge in [-0.25, -0.2) is 0 Å². The van der Waals surface area contributed by atoms with E-state index in [9.17, 15) is 0 Å². The molecule has 2 heterocycles. The molecule has 0 atom stereocenters. The van der Waals surface area contributed by atoms with Gasteiger partial charge in [-0.2, -0.15) is 35.0 Å². The maximum atomic E-state index is 4.81. The summed E-state index contributed by atoms with van der Waals surface area (Å²) in [5, 5.41) is 0. The van der Waals surface area contributed by atoms with E-state index < -0.39 is 0 Å². The second-order valence-electron chi connectivity index (χ2n) is 3.14. The van der Waals surface area contributed by atoms with E-state index in [2.05, 4.69) is 0 Å². The minimum absolute atomic E-state index is 0. The van der Waals surface area contributed by atoms with Crippen LogP contribution < -0.4 is 0 Å². The van der Waals surface area contributed by atoms with Crippen molar-refractivity contribution >= 4 is 48.8 Å². The molecule has 0 amide bonds. The van der Waals surface area contributed by atoms with Gasteiger partial charge in [-0.15, -0.1) is 0 Å². The van der Waals surface area contributed by atoms with Crippen LogP contribution in [0.25, 0.3) is 0 Å². The van der Waals surface area contributed by atoms with E-state index in [1.807, 2.05) is 23.5 Å². The minimum Gasteiger partial charge on any atom is -0.792 e. The summed E-state index contributed by atoms with van der Waals surface area (Å²) in [4.78, 5) is 0. The standard InChI is InChI=1S/2C4H8S2.U/c2*5-1-4-2-6-3-4;/h2*4-5H,1-3H2;/q;;+2/p-2. The molecule has 2 aliphatic rings. The van der Waals surface area contributed by atoms with Crippen molar-refractivity contribution in [3.05, 3.63) is 0 Å². The zero-order valence-electron chi connectivity index (χ0n) is 7.53. The maximum Gasteiger partial charge on any atom is 2.00 e. The van der Waals surface area contributed by atoms with E-state index in [1.165, 1.54) is 23.0 Å². The van der Waals surface area contributed by atoms with E-state index in [-0.39, 0.29) is 31.1 Å². The van der Waals surface area contributed by atoms with Gasteiger partial charge < -0.3 is 25.3 Å². The van der Waals surface area contributed by atoms with E-state index in [4.69, 9.17) is 25.3 Å². The summed E-state index contributed by atoms with van der Waals surface area (Å²) in [6.45, 7) is 0. The molecule has 0 aromatic carbocycles. The van der Waals surface area contributed by atoms with Gasteiger partial charge in [0.25, 0.3) is 0 Å². The van der Waals surface area contributed by atoms with Gasteiger partial charge >= 0.3 is 31.1 Å². The number of hydrogen-bond acceptors (Lipinski definition) is 4.